The largest absolute Gasteiger partial charge is 0.495 e. The Bertz CT molecular complexity index is 1490. The Morgan fingerprint density at radius 1 is 1.18 bits per heavy atom. The maximum atomic E-state index is 13.5. The van der Waals surface area contributed by atoms with E-state index in [-0.39, 0.29) is 17.6 Å². The van der Waals surface area contributed by atoms with Crippen LogP contribution in [-0.4, -0.2) is 37.1 Å². The molecule has 6 rings (SSSR count). The predicted molar refractivity (Wildman–Crippen MR) is 132 cm³/mol. The lowest BCUT2D eigenvalue weighted by atomic mass is 9.77. The van der Waals surface area contributed by atoms with Gasteiger partial charge in [-0.25, -0.2) is 4.98 Å². The molecule has 0 amide bonds. The summed E-state index contributed by atoms with van der Waals surface area (Å²) in [5, 5.41) is 17.4. The Labute approximate surface area is 197 Å². The number of benzene rings is 1. The summed E-state index contributed by atoms with van der Waals surface area (Å²) in [6.45, 7) is 4.05. The van der Waals surface area contributed by atoms with E-state index < -0.39 is 5.60 Å². The summed E-state index contributed by atoms with van der Waals surface area (Å²) in [5.74, 6) is 1.72. The van der Waals surface area contributed by atoms with Crippen molar-refractivity contribution in [3.8, 4) is 17.0 Å². The standard InChI is InChI=1S/C26H29N5O3/c1-14-8-16(9-14)30-13-21(34-3)18-5-4-15(10-19(18)25(30)32)23-22-20(6-7-28-24(22)27)31(29-23)17-11-26(2,33)12-17/h4-7,10,13-14,16-17,33H,8-9,11-12H2,1-3H3,(H2,27,28). The Morgan fingerprint density at radius 3 is 2.62 bits per heavy atom. The van der Waals surface area contributed by atoms with Crippen LogP contribution in [0.5, 0.6) is 5.75 Å². The molecule has 0 aliphatic heterocycles. The fraction of sp³-hybridized carbons (Fsp3) is 0.423. The molecule has 3 N–H and O–H groups in total. The lowest BCUT2D eigenvalue weighted by Crippen LogP contribution is -2.42. The minimum Gasteiger partial charge on any atom is -0.495 e. The zero-order chi connectivity index (χ0) is 23.8. The lowest BCUT2D eigenvalue weighted by molar-refractivity contribution is -0.0529. The number of ether oxygens (including phenoxy) is 1. The van der Waals surface area contributed by atoms with Gasteiger partial charge < -0.3 is 20.1 Å². The second-order valence-corrected chi connectivity index (χ2v) is 10.3. The maximum Gasteiger partial charge on any atom is 0.258 e. The van der Waals surface area contributed by atoms with Crippen molar-refractivity contribution in [2.75, 3.05) is 12.8 Å². The molecule has 0 saturated heterocycles. The average Bonchev–Trinajstić information content (AvgIpc) is 3.16. The smallest absolute Gasteiger partial charge is 0.258 e. The van der Waals surface area contributed by atoms with Crippen molar-refractivity contribution in [2.45, 2.75) is 57.2 Å². The van der Waals surface area contributed by atoms with Crippen molar-refractivity contribution < 1.29 is 9.84 Å². The van der Waals surface area contributed by atoms with Gasteiger partial charge in [0.05, 0.1) is 41.2 Å². The van der Waals surface area contributed by atoms with Gasteiger partial charge in [-0.2, -0.15) is 5.10 Å². The van der Waals surface area contributed by atoms with Crippen LogP contribution >= 0.6 is 0 Å². The highest BCUT2D eigenvalue weighted by atomic mass is 16.5. The SMILES string of the molecule is COc1cn(C2CC(C)C2)c(=O)c2cc(-c3nn(C4CC(C)(O)C4)c4ccnc(N)c34)ccc12. The number of aromatic nitrogens is 4. The quantitative estimate of drug-likeness (QED) is 0.476. The van der Waals surface area contributed by atoms with Crippen LogP contribution in [0, 0.1) is 5.92 Å². The van der Waals surface area contributed by atoms with Crippen LogP contribution in [0.3, 0.4) is 0 Å². The molecule has 0 unspecified atom stereocenters. The number of anilines is 1. The summed E-state index contributed by atoms with van der Waals surface area (Å²) in [4.78, 5) is 17.8. The summed E-state index contributed by atoms with van der Waals surface area (Å²) in [5.41, 5.74) is 8.01. The summed E-state index contributed by atoms with van der Waals surface area (Å²) in [6.07, 6.45) is 6.78. The van der Waals surface area contributed by atoms with Crippen LogP contribution in [0.15, 0.2) is 41.5 Å². The summed E-state index contributed by atoms with van der Waals surface area (Å²) < 4.78 is 9.42. The minimum absolute atomic E-state index is 0.0144. The second kappa shape index (κ2) is 7.30. The van der Waals surface area contributed by atoms with Crippen LogP contribution in [-0.2, 0) is 0 Å². The summed E-state index contributed by atoms with van der Waals surface area (Å²) in [6, 6.07) is 7.97. The number of fused-ring (bicyclic) bond motifs is 2. The molecule has 176 valence electrons. The molecular formula is C26H29N5O3. The van der Waals surface area contributed by atoms with Crippen LogP contribution in [0.4, 0.5) is 5.82 Å². The fourth-order valence-electron chi connectivity index (χ4n) is 5.72. The van der Waals surface area contributed by atoms with Gasteiger partial charge in [-0.1, -0.05) is 13.0 Å². The molecular weight excluding hydrogens is 430 g/mol. The van der Waals surface area contributed by atoms with E-state index in [2.05, 4.69) is 11.9 Å². The van der Waals surface area contributed by atoms with Gasteiger partial charge >= 0.3 is 0 Å². The van der Waals surface area contributed by atoms with Crippen molar-refractivity contribution in [3.05, 3.63) is 47.0 Å². The van der Waals surface area contributed by atoms with Gasteiger partial charge in [-0.05, 0) is 56.7 Å². The molecule has 34 heavy (non-hydrogen) atoms. The third kappa shape index (κ3) is 3.12. The minimum atomic E-state index is -0.675. The van der Waals surface area contributed by atoms with Gasteiger partial charge in [-0.3, -0.25) is 9.48 Å². The summed E-state index contributed by atoms with van der Waals surface area (Å²) >= 11 is 0. The number of hydrogen-bond donors (Lipinski definition) is 2. The summed E-state index contributed by atoms with van der Waals surface area (Å²) in [7, 11) is 1.63. The van der Waals surface area contributed by atoms with Gasteiger partial charge in [0.15, 0.2) is 0 Å². The molecule has 4 aromatic rings. The predicted octanol–water partition coefficient (Wildman–Crippen LogP) is 4.06. The molecule has 2 saturated carbocycles. The number of nitrogen functional groups attached to an aromatic ring is 1. The number of pyridine rings is 2. The first-order valence-electron chi connectivity index (χ1n) is 11.8. The third-order valence-electron chi connectivity index (χ3n) is 7.59. The molecule has 1 aromatic carbocycles. The Morgan fingerprint density at radius 2 is 1.94 bits per heavy atom. The van der Waals surface area contributed by atoms with Gasteiger partial charge in [-0.15, -0.1) is 0 Å². The zero-order valence-corrected chi connectivity index (χ0v) is 19.7. The third-order valence-corrected chi connectivity index (χ3v) is 7.59. The van der Waals surface area contributed by atoms with E-state index in [0.717, 1.165) is 34.7 Å². The molecule has 0 bridgehead atoms. The van der Waals surface area contributed by atoms with Gasteiger partial charge in [0, 0.05) is 23.2 Å². The molecule has 0 spiro atoms. The van der Waals surface area contributed by atoms with E-state index in [1.807, 2.05) is 46.6 Å². The fourth-order valence-corrected chi connectivity index (χ4v) is 5.72. The molecule has 3 heterocycles. The molecule has 8 nitrogen and oxygen atoms in total. The number of rotatable bonds is 4. The van der Waals surface area contributed by atoms with E-state index in [0.29, 0.717) is 41.4 Å². The van der Waals surface area contributed by atoms with E-state index in [1.54, 1.807) is 13.3 Å². The Hall–Kier alpha value is -3.39. The number of nitrogens with two attached hydrogens (primary N) is 1. The maximum absolute atomic E-state index is 13.5. The van der Waals surface area contributed by atoms with Gasteiger partial charge in [0.2, 0.25) is 0 Å². The molecule has 2 aliphatic carbocycles. The van der Waals surface area contributed by atoms with Crippen LogP contribution < -0.4 is 16.0 Å². The first-order valence-corrected chi connectivity index (χ1v) is 11.8. The van der Waals surface area contributed by atoms with E-state index >= 15 is 0 Å². The topological polar surface area (TPSA) is 108 Å². The normalized spacial score (nSPS) is 26.4. The highest BCUT2D eigenvalue weighted by Gasteiger charge is 2.41. The average molecular weight is 460 g/mol. The van der Waals surface area contributed by atoms with Crippen molar-refractivity contribution in [2.24, 2.45) is 5.92 Å². The molecule has 0 atom stereocenters. The highest BCUT2D eigenvalue weighted by molar-refractivity contribution is 6.02. The van der Waals surface area contributed by atoms with E-state index in [9.17, 15) is 9.90 Å². The Kier molecular flexibility index (Phi) is 4.55. The lowest BCUT2D eigenvalue weighted by Gasteiger charge is -2.41. The van der Waals surface area contributed by atoms with Crippen LogP contribution in [0.25, 0.3) is 32.9 Å². The number of methoxy groups -OCH3 is 1. The highest BCUT2D eigenvalue weighted by Crippen LogP contribution is 2.44. The molecule has 8 heteroatoms. The number of nitrogens with zero attached hydrogens (tertiary/aromatic N) is 4. The number of aliphatic hydroxyl groups is 1. The van der Waals surface area contributed by atoms with E-state index in [1.165, 1.54) is 0 Å². The first-order chi connectivity index (χ1) is 16.3. The molecule has 2 fully saturated rings. The second-order valence-electron chi connectivity index (χ2n) is 10.3. The van der Waals surface area contributed by atoms with Crippen molar-refractivity contribution in [3.63, 3.8) is 0 Å². The molecule has 3 aromatic heterocycles. The first kappa shape index (κ1) is 21.2. The van der Waals surface area contributed by atoms with Crippen molar-refractivity contribution in [1.29, 1.82) is 0 Å². The van der Waals surface area contributed by atoms with Crippen molar-refractivity contribution >= 4 is 27.5 Å². The van der Waals surface area contributed by atoms with Gasteiger partial charge in [0.1, 0.15) is 17.3 Å². The zero-order valence-electron chi connectivity index (χ0n) is 19.7. The number of hydrogen-bond acceptors (Lipinski definition) is 6. The van der Waals surface area contributed by atoms with Gasteiger partial charge in [0.25, 0.3) is 5.56 Å². The van der Waals surface area contributed by atoms with Crippen LogP contribution in [0.2, 0.25) is 0 Å². The van der Waals surface area contributed by atoms with E-state index in [4.69, 9.17) is 15.6 Å². The van der Waals surface area contributed by atoms with Crippen molar-refractivity contribution in [1.82, 2.24) is 19.3 Å². The molecule has 0 radical (unpaired) electrons. The Balaban J connectivity index is 1.54. The molecule has 2 aliphatic rings. The monoisotopic (exact) mass is 459 g/mol. The van der Waals surface area contributed by atoms with Crippen LogP contribution in [0.1, 0.15) is 51.6 Å².